The Kier molecular flexibility index (Phi) is 6.09. The standard InChI is InChI=1S/C14H27NO3/c1-14(2,3)12(7-8-16)15-13(17)10-11-6-4-5-9-18-11/h11-12,16H,4-10H2,1-3H3,(H,15,17). The molecule has 0 radical (unpaired) electrons. The number of aliphatic hydroxyl groups is 1. The van der Waals surface area contributed by atoms with Gasteiger partial charge >= 0.3 is 0 Å². The molecule has 1 aliphatic rings. The van der Waals surface area contributed by atoms with Crippen molar-refractivity contribution >= 4 is 5.91 Å². The maximum absolute atomic E-state index is 12.0. The summed E-state index contributed by atoms with van der Waals surface area (Å²) in [5.41, 5.74) is -0.0359. The smallest absolute Gasteiger partial charge is 0.222 e. The van der Waals surface area contributed by atoms with E-state index >= 15 is 0 Å². The van der Waals surface area contributed by atoms with Crippen LogP contribution in [0.2, 0.25) is 0 Å². The molecule has 2 atom stereocenters. The Morgan fingerprint density at radius 3 is 2.67 bits per heavy atom. The van der Waals surface area contributed by atoms with Crippen molar-refractivity contribution in [1.29, 1.82) is 0 Å². The average Bonchev–Trinajstić information content (AvgIpc) is 2.28. The van der Waals surface area contributed by atoms with Crippen LogP contribution in [0.15, 0.2) is 0 Å². The molecule has 1 aliphatic heterocycles. The van der Waals surface area contributed by atoms with Gasteiger partial charge in [0, 0.05) is 19.3 Å². The Labute approximate surface area is 110 Å². The molecule has 1 fully saturated rings. The molecule has 0 bridgehead atoms. The van der Waals surface area contributed by atoms with Crippen molar-refractivity contribution < 1.29 is 14.6 Å². The summed E-state index contributed by atoms with van der Waals surface area (Å²) < 4.78 is 5.57. The lowest BCUT2D eigenvalue weighted by Gasteiger charge is -2.32. The van der Waals surface area contributed by atoms with E-state index in [1.54, 1.807) is 0 Å². The van der Waals surface area contributed by atoms with Gasteiger partial charge in [-0.2, -0.15) is 0 Å². The molecule has 4 nitrogen and oxygen atoms in total. The van der Waals surface area contributed by atoms with Crippen molar-refractivity contribution in [3.63, 3.8) is 0 Å². The summed E-state index contributed by atoms with van der Waals surface area (Å²) in [6.07, 6.45) is 4.35. The van der Waals surface area contributed by atoms with Crippen LogP contribution in [-0.4, -0.2) is 36.4 Å². The third kappa shape index (κ3) is 5.36. The van der Waals surface area contributed by atoms with Gasteiger partial charge < -0.3 is 15.2 Å². The molecule has 1 rings (SSSR count). The van der Waals surface area contributed by atoms with E-state index in [9.17, 15) is 4.79 Å². The Morgan fingerprint density at radius 2 is 2.17 bits per heavy atom. The number of hydrogen-bond donors (Lipinski definition) is 2. The van der Waals surface area contributed by atoms with Crippen LogP contribution in [0.1, 0.15) is 52.9 Å². The summed E-state index contributed by atoms with van der Waals surface area (Å²) in [7, 11) is 0. The topological polar surface area (TPSA) is 58.6 Å². The third-order valence-electron chi connectivity index (χ3n) is 3.49. The number of amides is 1. The zero-order valence-electron chi connectivity index (χ0n) is 11.9. The van der Waals surface area contributed by atoms with Crippen LogP contribution in [0.4, 0.5) is 0 Å². The van der Waals surface area contributed by atoms with Crippen molar-refractivity contribution in [3.8, 4) is 0 Å². The van der Waals surface area contributed by atoms with Gasteiger partial charge in [-0.1, -0.05) is 20.8 Å². The van der Waals surface area contributed by atoms with Crippen molar-refractivity contribution in [2.24, 2.45) is 5.41 Å². The Balaban J connectivity index is 2.40. The monoisotopic (exact) mass is 257 g/mol. The quantitative estimate of drug-likeness (QED) is 0.790. The van der Waals surface area contributed by atoms with Gasteiger partial charge in [0.2, 0.25) is 5.91 Å². The van der Waals surface area contributed by atoms with Gasteiger partial charge in [-0.3, -0.25) is 4.79 Å². The molecule has 0 aromatic rings. The molecule has 0 aliphatic carbocycles. The minimum Gasteiger partial charge on any atom is -0.396 e. The van der Waals surface area contributed by atoms with Crippen molar-refractivity contribution in [1.82, 2.24) is 5.32 Å². The molecule has 1 heterocycles. The number of carbonyl (C=O) groups is 1. The minimum absolute atomic E-state index is 0.0126. The van der Waals surface area contributed by atoms with Crippen LogP contribution in [0.25, 0.3) is 0 Å². The van der Waals surface area contributed by atoms with E-state index in [1.165, 1.54) is 0 Å². The van der Waals surface area contributed by atoms with E-state index < -0.39 is 0 Å². The second-order valence-corrected chi connectivity index (χ2v) is 6.19. The van der Waals surface area contributed by atoms with Gasteiger partial charge in [0.25, 0.3) is 0 Å². The number of aliphatic hydroxyl groups excluding tert-OH is 1. The predicted octanol–water partition coefficient (Wildman–Crippen LogP) is 1.86. The number of hydrogen-bond acceptors (Lipinski definition) is 3. The van der Waals surface area contributed by atoms with Gasteiger partial charge in [-0.25, -0.2) is 0 Å². The molecular weight excluding hydrogens is 230 g/mol. The van der Waals surface area contributed by atoms with E-state index in [-0.39, 0.29) is 30.1 Å². The van der Waals surface area contributed by atoms with Crippen LogP contribution in [-0.2, 0) is 9.53 Å². The van der Waals surface area contributed by atoms with E-state index in [2.05, 4.69) is 26.1 Å². The zero-order valence-corrected chi connectivity index (χ0v) is 11.9. The highest BCUT2D eigenvalue weighted by molar-refractivity contribution is 5.76. The van der Waals surface area contributed by atoms with Crippen molar-refractivity contribution in [2.45, 2.75) is 65.0 Å². The van der Waals surface area contributed by atoms with Crippen molar-refractivity contribution in [2.75, 3.05) is 13.2 Å². The molecule has 0 aromatic heterocycles. The third-order valence-corrected chi connectivity index (χ3v) is 3.49. The molecule has 18 heavy (non-hydrogen) atoms. The van der Waals surface area contributed by atoms with Crippen LogP contribution in [0.3, 0.4) is 0 Å². The van der Waals surface area contributed by atoms with Crippen LogP contribution < -0.4 is 5.32 Å². The molecule has 0 saturated carbocycles. The van der Waals surface area contributed by atoms with Gasteiger partial charge in [0.05, 0.1) is 12.5 Å². The van der Waals surface area contributed by atoms with E-state index in [4.69, 9.17) is 9.84 Å². The fourth-order valence-electron chi connectivity index (χ4n) is 2.28. The first kappa shape index (κ1) is 15.4. The molecule has 1 saturated heterocycles. The highest BCUT2D eigenvalue weighted by Crippen LogP contribution is 2.22. The van der Waals surface area contributed by atoms with Gasteiger partial charge in [0.1, 0.15) is 0 Å². The van der Waals surface area contributed by atoms with Gasteiger partial charge in [-0.05, 0) is 31.1 Å². The molecule has 2 N–H and O–H groups in total. The lowest BCUT2D eigenvalue weighted by atomic mass is 9.85. The first-order valence-corrected chi connectivity index (χ1v) is 6.95. The summed E-state index contributed by atoms with van der Waals surface area (Å²) in [5, 5.41) is 12.1. The lowest BCUT2D eigenvalue weighted by Crippen LogP contribution is -2.45. The molecule has 1 amide bonds. The highest BCUT2D eigenvalue weighted by Gasteiger charge is 2.27. The molecule has 2 unspecified atom stereocenters. The molecule has 106 valence electrons. The zero-order chi connectivity index (χ0) is 13.6. The fourth-order valence-corrected chi connectivity index (χ4v) is 2.28. The average molecular weight is 257 g/mol. The van der Waals surface area contributed by atoms with Gasteiger partial charge in [0.15, 0.2) is 0 Å². The second-order valence-electron chi connectivity index (χ2n) is 6.19. The summed E-state index contributed by atoms with van der Waals surface area (Å²) in [5.74, 6) is 0.0373. The summed E-state index contributed by atoms with van der Waals surface area (Å²) in [4.78, 5) is 12.0. The molecule has 0 spiro atoms. The van der Waals surface area contributed by atoms with E-state index in [1.807, 2.05) is 0 Å². The van der Waals surface area contributed by atoms with Crippen molar-refractivity contribution in [3.05, 3.63) is 0 Å². The Morgan fingerprint density at radius 1 is 1.44 bits per heavy atom. The fraction of sp³-hybridized carbons (Fsp3) is 0.929. The summed E-state index contributed by atoms with van der Waals surface area (Å²) >= 11 is 0. The SMILES string of the molecule is CC(C)(C)C(CCO)NC(=O)CC1CCCCO1. The van der Waals surface area contributed by atoms with Crippen LogP contribution in [0.5, 0.6) is 0 Å². The van der Waals surface area contributed by atoms with Crippen LogP contribution in [0, 0.1) is 5.41 Å². The van der Waals surface area contributed by atoms with Gasteiger partial charge in [-0.15, -0.1) is 0 Å². The number of ether oxygens (including phenoxy) is 1. The van der Waals surface area contributed by atoms with E-state index in [0.29, 0.717) is 12.8 Å². The highest BCUT2D eigenvalue weighted by atomic mass is 16.5. The predicted molar refractivity (Wildman–Crippen MR) is 71.3 cm³/mol. The van der Waals surface area contributed by atoms with Crippen LogP contribution >= 0.6 is 0 Å². The number of carbonyl (C=O) groups excluding carboxylic acids is 1. The largest absolute Gasteiger partial charge is 0.396 e. The molecule has 0 aromatic carbocycles. The summed E-state index contributed by atoms with van der Waals surface area (Å²) in [6.45, 7) is 7.10. The minimum atomic E-state index is -0.0359. The lowest BCUT2D eigenvalue weighted by molar-refractivity contribution is -0.126. The second kappa shape index (κ2) is 7.10. The number of rotatable bonds is 5. The summed E-state index contributed by atoms with van der Waals surface area (Å²) in [6, 6.07) is 0.0126. The molecular formula is C14H27NO3. The maximum Gasteiger partial charge on any atom is 0.222 e. The maximum atomic E-state index is 12.0. The number of nitrogens with one attached hydrogen (secondary N) is 1. The first-order chi connectivity index (χ1) is 8.43. The molecule has 4 heteroatoms. The van der Waals surface area contributed by atoms with E-state index in [0.717, 1.165) is 25.9 Å². The Bertz CT molecular complexity index is 254. The Hall–Kier alpha value is -0.610. The normalized spacial score (nSPS) is 22.6. The first-order valence-electron chi connectivity index (χ1n) is 6.95.